The van der Waals surface area contributed by atoms with E-state index in [4.69, 9.17) is 4.74 Å². The number of aryl methyl sites for hydroxylation is 1. The molecule has 4 heteroatoms. The van der Waals surface area contributed by atoms with Crippen molar-refractivity contribution in [1.82, 2.24) is 5.32 Å². The summed E-state index contributed by atoms with van der Waals surface area (Å²) in [6.45, 7) is 6.18. The summed E-state index contributed by atoms with van der Waals surface area (Å²) < 4.78 is 32.9. The van der Waals surface area contributed by atoms with Crippen molar-refractivity contribution in [2.75, 3.05) is 0 Å². The highest BCUT2D eigenvalue weighted by Gasteiger charge is 2.12. The minimum atomic E-state index is -0.431. The molecule has 0 radical (unpaired) electrons. The molecule has 0 heterocycles. The molecular weight excluding hydrogens is 272 g/mol. The molecule has 0 saturated carbocycles. The zero-order chi connectivity index (χ0) is 15.4. The molecule has 2 rings (SSSR count). The Morgan fingerprint density at radius 3 is 2.52 bits per heavy atom. The van der Waals surface area contributed by atoms with Crippen LogP contribution in [0.1, 0.15) is 25.0 Å². The predicted molar refractivity (Wildman–Crippen MR) is 79.6 cm³/mol. The van der Waals surface area contributed by atoms with Crippen LogP contribution in [0.2, 0.25) is 0 Å². The molecule has 0 bridgehead atoms. The number of hydrogen-bond donors (Lipinski definition) is 1. The molecule has 0 fully saturated rings. The second-order valence-electron chi connectivity index (χ2n) is 5.28. The van der Waals surface area contributed by atoms with Crippen LogP contribution in [-0.4, -0.2) is 6.04 Å². The summed E-state index contributed by atoms with van der Waals surface area (Å²) in [5, 5.41) is 3.23. The lowest BCUT2D eigenvalue weighted by Crippen LogP contribution is -2.22. The van der Waals surface area contributed by atoms with E-state index in [9.17, 15) is 8.78 Å². The second kappa shape index (κ2) is 6.68. The van der Waals surface area contributed by atoms with Crippen molar-refractivity contribution >= 4 is 0 Å². The average Bonchev–Trinajstić information content (AvgIpc) is 2.43. The molecule has 0 atom stereocenters. The molecule has 0 saturated heterocycles. The molecule has 0 aliphatic carbocycles. The minimum Gasteiger partial charge on any atom is -0.454 e. The Labute approximate surface area is 123 Å². The van der Waals surface area contributed by atoms with Crippen molar-refractivity contribution in [2.24, 2.45) is 0 Å². The van der Waals surface area contributed by atoms with Gasteiger partial charge in [-0.2, -0.15) is 0 Å². The molecule has 0 aliphatic heterocycles. The van der Waals surface area contributed by atoms with E-state index >= 15 is 0 Å². The van der Waals surface area contributed by atoms with Gasteiger partial charge < -0.3 is 10.1 Å². The average molecular weight is 291 g/mol. The number of para-hydroxylation sites is 1. The van der Waals surface area contributed by atoms with Crippen LogP contribution in [0.3, 0.4) is 0 Å². The normalized spacial score (nSPS) is 11.0. The van der Waals surface area contributed by atoms with Gasteiger partial charge in [-0.3, -0.25) is 0 Å². The first-order valence-electron chi connectivity index (χ1n) is 6.92. The lowest BCUT2D eigenvalue weighted by atomic mass is 10.1. The predicted octanol–water partition coefficient (Wildman–Crippen LogP) is 4.56. The summed E-state index contributed by atoms with van der Waals surface area (Å²) >= 11 is 0. The molecule has 2 aromatic carbocycles. The van der Waals surface area contributed by atoms with E-state index in [1.807, 2.05) is 19.9 Å². The number of halogens is 2. The quantitative estimate of drug-likeness (QED) is 0.871. The van der Waals surface area contributed by atoms with E-state index in [0.29, 0.717) is 17.9 Å². The third-order valence-corrected chi connectivity index (χ3v) is 3.10. The molecule has 21 heavy (non-hydrogen) atoms. The Morgan fingerprint density at radius 2 is 1.86 bits per heavy atom. The fourth-order valence-corrected chi connectivity index (χ4v) is 1.92. The van der Waals surface area contributed by atoms with Crippen molar-refractivity contribution < 1.29 is 13.5 Å². The van der Waals surface area contributed by atoms with Crippen LogP contribution < -0.4 is 10.1 Å². The molecule has 0 aliphatic rings. The minimum absolute atomic E-state index is 0.177. The lowest BCUT2D eigenvalue weighted by molar-refractivity contribution is 0.430. The Bertz CT molecular complexity index is 626. The molecule has 112 valence electrons. The van der Waals surface area contributed by atoms with Crippen molar-refractivity contribution in [3.8, 4) is 11.5 Å². The van der Waals surface area contributed by atoms with Crippen LogP contribution in [-0.2, 0) is 6.54 Å². The van der Waals surface area contributed by atoms with E-state index in [1.54, 1.807) is 19.1 Å². The van der Waals surface area contributed by atoms with Crippen molar-refractivity contribution in [3.63, 3.8) is 0 Å². The Hall–Kier alpha value is -1.94. The van der Waals surface area contributed by atoms with Gasteiger partial charge in [-0.1, -0.05) is 26.0 Å². The van der Waals surface area contributed by atoms with Crippen molar-refractivity contribution in [1.29, 1.82) is 0 Å². The van der Waals surface area contributed by atoms with Gasteiger partial charge >= 0.3 is 0 Å². The van der Waals surface area contributed by atoms with Crippen molar-refractivity contribution in [3.05, 3.63) is 59.2 Å². The third-order valence-electron chi connectivity index (χ3n) is 3.10. The summed E-state index contributed by atoms with van der Waals surface area (Å²) in [5.74, 6) is -0.140. The number of ether oxygens (including phenoxy) is 1. The van der Waals surface area contributed by atoms with Crippen LogP contribution in [0, 0.1) is 18.6 Å². The van der Waals surface area contributed by atoms with Crippen molar-refractivity contribution in [2.45, 2.75) is 33.4 Å². The molecule has 0 aromatic heterocycles. The Kier molecular flexibility index (Phi) is 4.91. The van der Waals surface area contributed by atoms with Gasteiger partial charge in [0.1, 0.15) is 11.6 Å². The molecule has 1 N–H and O–H groups in total. The zero-order valence-electron chi connectivity index (χ0n) is 12.4. The van der Waals surface area contributed by atoms with Gasteiger partial charge in [0.25, 0.3) is 0 Å². The SMILES string of the molecule is Cc1cc(Oc2c(F)cccc2CNC(C)C)ccc1F. The highest BCUT2D eigenvalue weighted by atomic mass is 19.1. The van der Waals surface area contributed by atoms with E-state index in [2.05, 4.69) is 5.32 Å². The van der Waals surface area contributed by atoms with E-state index in [0.717, 1.165) is 5.56 Å². The van der Waals surface area contributed by atoms with Crippen LogP contribution >= 0.6 is 0 Å². The molecule has 0 spiro atoms. The molecule has 2 nitrogen and oxygen atoms in total. The highest BCUT2D eigenvalue weighted by Crippen LogP contribution is 2.29. The number of benzene rings is 2. The fourth-order valence-electron chi connectivity index (χ4n) is 1.92. The summed E-state index contributed by atoms with van der Waals surface area (Å²) in [4.78, 5) is 0. The van der Waals surface area contributed by atoms with Gasteiger partial charge in [-0.25, -0.2) is 8.78 Å². The maximum absolute atomic E-state index is 14.0. The number of nitrogens with one attached hydrogen (secondary N) is 1. The first-order chi connectivity index (χ1) is 9.97. The monoisotopic (exact) mass is 291 g/mol. The summed E-state index contributed by atoms with van der Waals surface area (Å²) in [6, 6.07) is 9.46. The van der Waals surface area contributed by atoms with Crippen LogP contribution in [0.5, 0.6) is 11.5 Å². The summed E-state index contributed by atoms with van der Waals surface area (Å²) in [5.41, 5.74) is 1.19. The summed E-state index contributed by atoms with van der Waals surface area (Å²) in [7, 11) is 0. The maximum atomic E-state index is 14.0. The number of hydrogen-bond acceptors (Lipinski definition) is 2. The third kappa shape index (κ3) is 4.02. The van der Waals surface area contributed by atoms with Gasteiger partial charge in [0, 0.05) is 18.2 Å². The van der Waals surface area contributed by atoms with Gasteiger partial charge in [-0.15, -0.1) is 0 Å². The van der Waals surface area contributed by atoms with E-state index in [1.165, 1.54) is 18.2 Å². The van der Waals surface area contributed by atoms with E-state index < -0.39 is 5.82 Å². The summed E-state index contributed by atoms with van der Waals surface area (Å²) in [6.07, 6.45) is 0. The topological polar surface area (TPSA) is 21.3 Å². The van der Waals surface area contributed by atoms with Gasteiger partial charge in [0.05, 0.1) is 0 Å². The highest BCUT2D eigenvalue weighted by molar-refractivity contribution is 5.40. The van der Waals surface area contributed by atoms with Crippen LogP contribution in [0.25, 0.3) is 0 Å². The Morgan fingerprint density at radius 1 is 1.10 bits per heavy atom. The standard InChI is InChI=1S/C17H19F2NO/c1-11(2)20-10-13-5-4-6-16(19)17(13)21-14-7-8-15(18)12(3)9-14/h4-9,11,20H,10H2,1-3H3. The number of rotatable bonds is 5. The molecule has 2 aromatic rings. The fraction of sp³-hybridized carbons (Fsp3) is 0.294. The van der Waals surface area contributed by atoms with Crippen LogP contribution in [0.4, 0.5) is 8.78 Å². The smallest absolute Gasteiger partial charge is 0.167 e. The molecule has 0 unspecified atom stereocenters. The second-order valence-corrected chi connectivity index (χ2v) is 5.28. The zero-order valence-corrected chi connectivity index (χ0v) is 12.4. The van der Waals surface area contributed by atoms with Gasteiger partial charge in [0.2, 0.25) is 0 Å². The van der Waals surface area contributed by atoms with Gasteiger partial charge in [-0.05, 0) is 36.8 Å². The molecule has 0 amide bonds. The molecular formula is C17H19F2NO. The van der Waals surface area contributed by atoms with E-state index in [-0.39, 0.29) is 17.6 Å². The lowest BCUT2D eigenvalue weighted by Gasteiger charge is -2.14. The first kappa shape index (κ1) is 15.4. The van der Waals surface area contributed by atoms with Crippen LogP contribution in [0.15, 0.2) is 36.4 Å². The largest absolute Gasteiger partial charge is 0.454 e. The first-order valence-corrected chi connectivity index (χ1v) is 6.92. The Balaban J connectivity index is 2.27. The maximum Gasteiger partial charge on any atom is 0.167 e. The van der Waals surface area contributed by atoms with Gasteiger partial charge in [0.15, 0.2) is 11.6 Å².